The highest BCUT2D eigenvalue weighted by atomic mass is 79.9. The van der Waals surface area contributed by atoms with Gasteiger partial charge in [-0.3, -0.25) is 4.79 Å². The first-order valence-electron chi connectivity index (χ1n) is 4.44. The number of nitrogens with one attached hydrogen (secondary N) is 2. The highest BCUT2D eigenvalue weighted by Gasteiger charge is 2.20. The molecule has 1 amide bonds. The predicted octanol–water partition coefficient (Wildman–Crippen LogP) is 1.52. The third-order valence-electron chi connectivity index (χ3n) is 2.20. The number of aryl methyl sites for hydroxylation is 1. The molecule has 0 spiro atoms. The van der Waals surface area contributed by atoms with E-state index < -0.39 is 0 Å². The van der Waals surface area contributed by atoms with Crippen molar-refractivity contribution in [2.45, 2.75) is 13.0 Å². The van der Waals surface area contributed by atoms with Crippen LogP contribution in [-0.4, -0.2) is 25.0 Å². The molecule has 1 aromatic heterocycles. The molecule has 2 heterocycles. The Balaban J connectivity index is 2.02. The predicted molar refractivity (Wildman–Crippen MR) is 60.9 cm³/mol. The van der Waals surface area contributed by atoms with Crippen LogP contribution in [0.1, 0.15) is 15.2 Å². The molecule has 1 aliphatic rings. The molecule has 0 unspecified atom stereocenters. The largest absolute Gasteiger partial charge is 0.346 e. The lowest BCUT2D eigenvalue weighted by atomic mass is 10.2. The van der Waals surface area contributed by atoms with Gasteiger partial charge in [-0.25, -0.2) is 0 Å². The maximum atomic E-state index is 11.7. The summed E-state index contributed by atoms with van der Waals surface area (Å²) in [6.45, 7) is 3.76. The van der Waals surface area contributed by atoms with Gasteiger partial charge in [-0.05, 0) is 34.5 Å². The second-order valence-corrected chi connectivity index (χ2v) is 5.77. The number of hydrogen-bond acceptors (Lipinski definition) is 3. The summed E-state index contributed by atoms with van der Waals surface area (Å²) in [6, 6.07) is 2.22. The van der Waals surface area contributed by atoms with Crippen LogP contribution in [0.15, 0.2) is 9.85 Å². The summed E-state index contributed by atoms with van der Waals surface area (Å²) in [7, 11) is 0. The number of carbonyl (C=O) groups is 1. The maximum absolute atomic E-state index is 11.7. The Bertz CT molecular complexity index is 340. The highest BCUT2D eigenvalue weighted by Crippen LogP contribution is 2.27. The molecule has 2 N–H and O–H groups in total. The first-order chi connectivity index (χ1) is 6.66. The highest BCUT2D eigenvalue weighted by molar-refractivity contribution is 9.11. The SMILES string of the molecule is Cc1cc(C(=O)NC2CNC2)sc1Br. The summed E-state index contributed by atoms with van der Waals surface area (Å²) >= 11 is 4.89. The van der Waals surface area contributed by atoms with E-state index in [0.717, 1.165) is 27.3 Å². The molecular weight excluding hydrogens is 264 g/mol. The zero-order valence-electron chi connectivity index (χ0n) is 7.76. The summed E-state index contributed by atoms with van der Waals surface area (Å²) in [5.74, 6) is 0.0373. The van der Waals surface area contributed by atoms with Gasteiger partial charge in [0.25, 0.3) is 5.91 Å². The van der Waals surface area contributed by atoms with Crippen LogP contribution in [0.3, 0.4) is 0 Å². The van der Waals surface area contributed by atoms with Crippen LogP contribution in [0, 0.1) is 6.92 Å². The van der Waals surface area contributed by atoms with E-state index in [9.17, 15) is 4.79 Å². The van der Waals surface area contributed by atoms with Crippen LogP contribution in [-0.2, 0) is 0 Å². The Morgan fingerprint density at radius 2 is 2.43 bits per heavy atom. The molecule has 3 nitrogen and oxygen atoms in total. The van der Waals surface area contributed by atoms with Gasteiger partial charge in [0.2, 0.25) is 0 Å². The van der Waals surface area contributed by atoms with Gasteiger partial charge in [-0.1, -0.05) is 0 Å². The zero-order chi connectivity index (χ0) is 10.1. The molecule has 14 heavy (non-hydrogen) atoms. The van der Waals surface area contributed by atoms with E-state index in [1.165, 1.54) is 11.3 Å². The van der Waals surface area contributed by atoms with Gasteiger partial charge in [0.15, 0.2) is 0 Å². The molecule has 1 aromatic rings. The van der Waals surface area contributed by atoms with E-state index in [1.807, 2.05) is 13.0 Å². The van der Waals surface area contributed by atoms with Crippen LogP contribution in [0.25, 0.3) is 0 Å². The Morgan fingerprint density at radius 3 is 2.86 bits per heavy atom. The minimum Gasteiger partial charge on any atom is -0.346 e. The van der Waals surface area contributed by atoms with Gasteiger partial charge in [-0.15, -0.1) is 11.3 Å². The summed E-state index contributed by atoms with van der Waals surface area (Å²) in [4.78, 5) is 12.4. The molecular formula is C9H11BrN2OS. The molecule has 1 aliphatic heterocycles. The Morgan fingerprint density at radius 1 is 1.71 bits per heavy atom. The molecule has 0 radical (unpaired) electrons. The Labute approximate surface area is 95.0 Å². The number of thiophene rings is 1. The lowest BCUT2D eigenvalue weighted by Gasteiger charge is -2.27. The van der Waals surface area contributed by atoms with E-state index in [0.29, 0.717) is 6.04 Å². The first-order valence-corrected chi connectivity index (χ1v) is 6.05. The van der Waals surface area contributed by atoms with Gasteiger partial charge in [0.05, 0.1) is 14.7 Å². The van der Waals surface area contributed by atoms with Crippen LogP contribution >= 0.6 is 27.3 Å². The minimum atomic E-state index is 0.0373. The van der Waals surface area contributed by atoms with Crippen LogP contribution in [0.4, 0.5) is 0 Å². The molecule has 1 saturated heterocycles. The normalized spacial score (nSPS) is 16.4. The molecule has 76 valence electrons. The van der Waals surface area contributed by atoms with Gasteiger partial charge in [-0.2, -0.15) is 0 Å². The van der Waals surface area contributed by atoms with Crippen LogP contribution in [0.5, 0.6) is 0 Å². The molecule has 0 bridgehead atoms. The average Bonchev–Trinajstić information content (AvgIpc) is 2.40. The van der Waals surface area contributed by atoms with Crippen molar-refractivity contribution in [3.8, 4) is 0 Å². The molecule has 0 aliphatic carbocycles. The first kappa shape index (κ1) is 10.1. The van der Waals surface area contributed by atoms with Crippen molar-refractivity contribution in [1.82, 2.24) is 10.6 Å². The number of carbonyl (C=O) groups excluding carboxylic acids is 1. The average molecular weight is 275 g/mol. The van der Waals surface area contributed by atoms with E-state index in [2.05, 4.69) is 26.6 Å². The van der Waals surface area contributed by atoms with Crippen molar-refractivity contribution < 1.29 is 4.79 Å². The second-order valence-electron chi connectivity index (χ2n) is 3.40. The van der Waals surface area contributed by atoms with Crippen LogP contribution in [0.2, 0.25) is 0 Å². The van der Waals surface area contributed by atoms with Crippen molar-refractivity contribution >= 4 is 33.2 Å². The molecule has 2 rings (SSSR count). The quantitative estimate of drug-likeness (QED) is 0.859. The standard InChI is InChI=1S/C9H11BrN2OS/c1-5-2-7(14-8(5)10)9(13)12-6-3-11-4-6/h2,6,11H,3-4H2,1H3,(H,12,13). The number of halogens is 1. The van der Waals surface area contributed by atoms with Crippen LogP contribution < -0.4 is 10.6 Å². The lowest BCUT2D eigenvalue weighted by Crippen LogP contribution is -2.56. The van der Waals surface area contributed by atoms with Crippen molar-refractivity contribution in [1.29, 1.82) is 0 Å². The maximum Gasteiger partial charge on any atom is 0.261 e. The topological polar surface area (TPSA) is 41.1 Å². The number of amides is 1. The van der Waals surface area contributed by atoms with Gasteiger partial charge in [0.1, 0.15) is 0 Å². The summed E-state index contributed by atoms with van der Waals surface area (Å²) in [5.41, 5.74) is 1.12. The van der Waals surface area contributed by atoms with Crippen molar-refractivity contribution in [2.24, 2.45) is 0 Å². The van der Waals surface area contributed by atoms with Crippen molar-refractivity contribution in [2.75, 3.05) is 13.1 Å². The monoisotopic (exact) mass is 274 g/mol. The van der Waals surface area contributed by atoms with Gasteiger partial charge in [0, 0.05) is 13.1 Å². The molecule has 0 atom stereocenters. The molecule has 0 aromatic carbocycles. The van der Waals surface area contributed by atoms with E-state index in [4.69, 9.17) is 0 Å². The Hall–Kier alpha value is -0.390. The van der Waals surface area contributed by atoms with E-state index >= 15 is 0 Å². The van der Waals surface area contributed by atoms with E-state index in [1.54, 1.807) is 0 Å². The Kier molecular flexibility index (Phi) is 2.90. The summed E-state index contributed by atoms with van der Waals surface area (Å²) < 4.78 is 1.04. The molecule has 5 heteroatoms. The van der Waals surface area contributed by atoms with Gasteiger partial charge >= 0.3 is 0 Å². The third kappa shape index (κ3) is 1.99. The fraction of sp³-hybridized carbons (Fsp3) is 0.444. The van der Waals surface area contributed by atoms with Gasteiger partial charge < -0.3 is 10.6 Å². The smallest absolute Gasteiger partial charge is 0.261 e. The number of hydrogen-bond donors (Lipinski definition) is 2. The minimum absolute atomic E-state index is 0.0373. The summed E-state index contributed by atoms with van der Waals surface area (Å²) in [5, 5.41) is 6.08. The third-order valence-corrected chi connectivity index (χ3v) is 4.33. The molecule has 0 saturated carbocycles. The fourth-order valence-corrected chi connectivity index (χ4v) is 2.66. The molecule has 1 fully saturated rings. The fourth-order valence-electron chi connectivity index (χ4n) is 1.22. The summed E-state index contributed by atoms with van der Waals surface area (Å²) in [6.07, 6.45) is 0. The zero-order valence-corrected chi connectivity index (χ0v) is 10.2. The number of rotatable bonds is 2. The van der Waals surface area contributed by atoms with E-state index in [-0.39, 0.29) is 5.91 Å². The van der Waals surface area contributed by atoms with Crippen molar-refractivity contribution in [3.05, 3.63) is 20.3 Å². The van der Waals surface area contributed by atoms with Crippen molar-refractivity contribution in [3.63, 3.8) is 0 Å². The lowest BCUT2D eigenvalue weighted by molar-refractivity contribution is 0.0928. The second kappa shape index (κ2) is 4.00.